The van der Waals surface area contributed by atoms with Crippen molar-refractivity contribution >= 4 is 5.78 Å². The molecule has 32 heavy (non-hydrogen) atoms. The third-order valence-electron chi connectivity index (χ3n) is 7.71. The molecule has 1 aromatic carbocycles. The maximum Gasteiger partial charge on any atom is 0.231 e. The lowest BCUT2D eigenvalue weighted by Crippen LogP contribution is -2.34. The Morgan fingerprint density at radius 2 is 1.66 bits per heavy atom. The minimum atomic E-state index is 0.0435. The Morgan fingerprint density at radius 1 is 1.00 bits per heavy atom. The Hall–Kier alpha value is -1.75. The Kier molecular flexibility index (Phi) is 8.34. The van der Waals surface area contributed by atoms with Gasteiger partial charge in [-0.25, -0.2) is 0 Å². The predicted octanol–water partition coefficient (Wildman–Crippen LogP) is 6.22. The molecule has 0 spiro atoms. The van der Waals surface area contributed by atoms with Gasteiger partial charge in [0, 0.05) is 31.0 Å². The molecule has 1 aromatic rings. The highest BCUT2D eigenvalue weighted by molar-refractivity contribution is 5.80. The van der Waals surface area contributed by atoms with Gasteiger partial charge in [-0.2, -0.15) is 0 Å². The quantitative estimate of drug-likeness (QED) is 0.540. The van der Waals surface area contributed by atoms with Crippen LogP contribution in [0.25, 0.3) is 0 Å². The van der Waals surface area contributed by atoms with Crippen molar-refractivity contribution in [1.82, 2.24) is 4.90 Å². The van der Waals surface area contributed by atoms with Crippen molar-refractivity contribution in [3.05, 3.63) is 17.2 Å². The monoisotopic (exact) mass is 443 g/mol. The maximum absolute atomic E-state index is 13.3. The molecular weight excluding hydrogens is 402 g/mol. The SMILES string of the molecule is COc1c2c(cc3c1[C@@H](CC(=O)CC1CCCCCCCCCCC1)N(C)CC3)OCO2. The minimum Gasteiger partial charge on any atom is -0.492 e. The number of benzene rings is 1. The zero-order valence-electron chi connectivity index (χ0n) is 20.1. The second-order valence-corrected chi connectivity index (χ2v) is 10.0. The van der Waals surface area contributed by atoms with E-state index in [0.29, 0.717) is 23.9 Å². The molecule has 5 nitrogen and oxygen atoms in total. The highest BCUT2D eigenvalue weighted by Gasteiger charge is 2.35. The van der Waals surface area contributed by atoms with E-state index in [1.165, 1.54) is 76.2 Å². The fourth-order valence-electron chi connectivity index (χ4n) is 5.86. The van der Waals surface area contributed by atoms with Crippen molar-refractivity contribution in [3.8, 4) is 17.2 Å². The molecule has 3 aliphatic rings. The third-order valence-corrected chi connectivity index (χ3v) is 7.71. The summed E-state index contributed by atoms with van der Waals surface area (Å²) in [5.74, 6) is 3.16. The van der Waals surface area contributed by atoms with E-state index in [0.717, 1.165) is 36.4 Å². The van der Waals surface area contributed by atoms with Gasteiger partial charge < -0.3 is 14.2 Å². The summed E-state index contributed by atoms with van der Waals surface area (Å²) in [6, 6.07) is 2.14. The number of Topliss-reactive ketones (excluding diaryl/α,β-unsaturated/α-hetero) is 1. The number of methoxy groups -OCH3 is 1. The molecule has 1 aliphatic carbocycles. The fourth-order valence-corrected chi connectivity index (χ4v) is 5.86. The number of ether oxygens (including phenoxy) is 3. The molecule has 5 heteroatoms. The van der Waals surface area contributed by atoms with Crippen LogP contribution in [0.3, 0.4) is 0 Å². The number of likely N-dealkylation sites (N-methyl/N-ethyl adjacent to an activating group) is 1. The number of fused-ring (bicyclic) bond motifs is 2. The molecule has 2 aliphatic heterocycles. The number of carbonyl (C=O) groups excluding carboxylic acids is 1. The number of hydrogen-bond acceptors (Lipinski definition) is 5. The largest absolute Gasteiger partial charge is 0.492 e. The van der Waals surface area contributed by atoms with Gasteiger partial charge in [0.2, 0.25) is 12.5 Å². The standard InChI is InChI=1S/C27H41NO4/c1-28-15-14-21-17-24-26(32-19-31-24)27(30-2)25(21)23(28)18-22(29)16-20-12-10-8-6-4-3-5-7-9-11-13-20/h17,20,23H,3-16,18-19H2,1-2H3/t23-/m1/s1. The molecular formula is C27H41NO4. The maximum atomic E-state index is 13.3. The zero-order chi connectivity index (χ0) is 22.3. The third kappa shape index (κ3) is 5.59. The first kappa shape index (κ1) is 23.4. The van der Waals surface area contributed by atoms with E-state index < -0.39 is 0 Å². The molecule has 1 atom stereocenters. The van der Waals surface area contributed by atoms with Crippen molar-refractivity contribution in [3.63, 3.8) is 0 Å². The van der Waals surface area contributed by atoms with Gasteiger partial charge in [0.15, 0.2) is 11.5 Å². The van der Waals surface area contributed by atoms with Gasteiger partial charge in [0.1, 0.15) is 5.78 Å². The second-order valence-electron chi connectivity index (χ2n) is 10.0. The van der Waals surface area contributed by atoms with Gasteiger partial charge in [-0.05, 0) is 31.0 Å². The summed E-state index contributed by atoms with van der Waals surface area (Å²) in [7, 11) is 3.82. The van der Waals surface area contributed by atoms with Gasteiger partial charge in [0.25, 0.3) is 0 Å². The predicted molar refractivity (Wildman–Crippen MR) is 127 cm³/mol. The molecule has 0 radical (unpaired) electrons. The van der Waals surface area contributed by atoms with Crippen LogP contribution in [0.15, 0.2) is 6.07 Å². The van der Waals surface area contributed by atoms with Crippen LogP contribution in [0, 0.1) is 5.92 Å². The van der Waals surface area contributed by atoms with Crippen molar-refractivity contribution in [2.75, 3.05) is 27.5 Å². The first-order chi connectivity index (χ1) is 15.7. The van der Waals surface area contributed by atoms with E-state index in [1.54, 1.807) is 7.11 Å². The van der Waals surface area contributed by atoms with Crippen molar-refractivity contribution < 1.29 is 19.0 Å². The Labute approximate surface area is 193 Å². The zero-order valence-corrected chi connectivity index (χ0v) is 20.1. The van der Waals surface area contributed by atoms with E-state index >= 15 is 0 Å². The Balaban J connectivity index is 1.44. The first-order valence-corrected chi connectivity index (χ1v) is 12.9. The summed E-state index contributed by atoms with van der Waals surface area (Å²) in [6.45, 7) is 1.17. The van der Waals surface area contributed by atoms with Gasteiger partial charge in [-0.1, -0.05) is 70.6 Å². The number of ketones is 1. The van der Waals surface area contributed by atoms with Crippen LogP contribution in [-0.2, 0) is 11.2 Å². The van der Waals surface area contributed by atoms with Crippen LogP contribution in [0.4, 0.5) is 0 Å². The van der Waals surface area contributed by atoms with Crippen LogP contribution < -0.4 is 14.2 Å². The molecule has 0 N–H and O–H groups in total. The molecule has 0 aromatic heterocycles. The molecule has 0 bridgehead atoms. The molecule has 0 unspecified atom stereocenters. The van der Waals surface area contributed by atoms with E-state index in [-0.39, 0.29) is 12.8 Å². The summed E-state index contributed by atoms with van der Waals surface area (Å²) >= 11 is 0. The normalized spacial score (nSPS) is 23.1. The highest BCUT2D eigenvalue weighted by atomic mass is 16.7. The number of hydrogen-bond donors (Lipinski definition) is 0. The lowest BCUT2D eigenvalue weighted by molar-refractivity contribution is -0.121. The average Bonchev–Trinajstić information content (AvgIpc) is 3.24. The number of carbonyl (C=O) groups is 1. The van der Waals surface area contributed by atoms with Gasteiger partial charge in [0.05, 0.1) is 7.11 Å². The van der Waals surface area contributed by atoms with Crippen molar-refractivity contribution in [1.29, 1.82) is 0 Å². The van der Waals surface area contributed by atoms with Gasteiger partial charge in [-0.15, -0.1) is 0 Å². The summed E-state index contributed by atoms with van der Waals surface area (Å²) in [5.41, 5.74) is 2.35. The van der Waals surface area contributed by atoms with E-state index in [9.17, 15) is 4.79 Å². The first-order valence-electron chi connectivity index (χ1n) is 12.9. The van der Waals surface area contributed by atoms with Crippen LogP contribution >= 0.6 is 0 Å². The Bertz CT molecular complexity index is 765. The lowest BCUT2D eigenvalue weighted by Gasteiger charge is -2.35. The second kappa shape index (κ2) is 11.4. The van der Waals surface area contributed by atoms with E-state index in [2.05, 4.69) is 18.0 Å². The Morgan fingerprint density at radius 3 is 2.31 bits per heavy atom. The molecule has 0 amide bonds. The fraction of sp³-hybridized carbons (Fsp3) is 0.741. The minimum absolute atomic E-state index is 0.0435. The lowest BCUT2D eigenvalue weighted by atomic mass is 9.85. The summed E-state index contributed by atoms with van der Waals surface area (Å²) < 4.78 is 17.1. The highest BCUT2D eigenvalue weighted by Crippen LogP contribution is 2.50. The van der Waals surface area contributed by atoms with E-state index in [4.69, 9.17) is 14.2 Å². The van der Waals surface area contributed by atoms with Crippen LogP contribution in [0.1, 0.15) is 101 Å². The number of rotatable bonds is 5. The van der Waals surface area contributed by atoms with Gasteiger partial charge >= 0.3 is 0 Å². The topological polar surface area (TPSA) is 48.0 Å². The van der Waals surface area contributed by atoms with Crippen molar-refractivity contribution in [2.45, 2.75) is 95.9 Å². The summed E-state index contributed by atoms with van der Waals surface area (Å²) in [5, 5.41) is 0. The van der Waals surface area contributed by atoms with Crippen LogP contribution in [0.5, 0.6) is 17.2 Å². The molecule has 4 rings (SSSR count). The van der Waals surface area contributed by atoms with Gasteiger partial charge in [-0.3, -0.25) is 9.69 Å². The molecule has 1 saturated carbocycles. The average molecular weight is 444 g/mol. The smallest absolute Gasteiger partial charge is 0.231 e. The summed E-state index contributed by atoms with van der Waals surface area (Å²) in [6.07, 6.45) is 16.8. The molecule has 178 valence electrons. The van der Waals surface area contributed by atoms with Crippen LogP contribution in [-0.4, -0.2) is 38.2 Å². The molecule has 2 heterocycles. The van der Waals surface area contributed by atoms with Crippen molar-refractivity contribution in [2.24, 2.45) is 5.92 Å². The number of nitrogens with zero attached hydrogens (tertiary/aromatic N) is 1. The molecule has 1 fully saturated rings. The summed E-state index contributed by atoms with van der Waals surface area (Å²) in [4.78, 5) is 15.6. The molecule has 0 saturated heterocycles. The van der Waals surface area contributed by atoms with E-state index in [1.807, 2.05) is 0 Å². The van der Waals surface area contributed by atoms with Crippen LogP contribution in [0.2, 0.25) is 0 Å².